The number of phenolic OH excluding ortho intramolecular Hbond substituents is 2. The average molecular weight is 303 g/mol. The highest BCUT2D eigenvalue weighted by molar-refractivity contribution is 7.10. The summed E-state index contributed by atoms with van der Waals surface area (Å²) in [4.78, 5) is 12.8. The summed E-state index contributed by atoms with van der Waals surface area (Å²) in [6.45, 7) is 0.0276. The summed E-state index contributed by atoms with van der Waals surface area (Å²) in [5, 5.41) is 32.1. The molecule has 0 saturated heterocycles. The number of aliphatic hydroxyl groups is 1. The van der Waals surface area contributed by atoms with E-state index in [9.17, 15) is 15.0 Å². The van der Waals surface area contributed by atoms with Crippen LogP contribution in [0.2, 0.25) is 0 Å². The maximum absolute atomic E-state index is 12.0. The van der Waals surface area contributed by atoms with Crippen LogP contribution in [0.15, 0.2) is 29.6 Å². The van der Waals surface area contributed by atoms with Crippen molar-refractivity contribution in [3.63, 3.8) is 0 Å². The van der Waals surface area contributed by atoms with E-state index in [-0.39, 0.29) is 30.2 Å². The lowest BCUT2D eigenvalue weighted by Gasteiger charge is -2.06. The van der Waals surface area contributed by atoms with Crippen molar-refractivity contribution in [3.05, 3.63) is 45.6 Å². The van der Waals surface area contributed by atoms with Crippen molar-refractivity contribution < 1.29 is 20.1 Å². The van der Waals surface area contributed by atoms with Crippen LogP contribution >= 0.6 is 11.3 Å². The third-order valence-corrected chi connectivity index (χ3v) is 3.60. The van der Waals surface area contributed by atoms with Crippen molar-refractivity contribution in [2.24, 2.45) is 0 Å². The molecule has 1 amide bonds. The molecular weight excluding hydrogens is 290 g/mol. The Bertz CT molecular complexity index is 712. The van der Waals surface area contributed by atoms with E-state index in [1.807, 2.05) is 5.38 Å². The molecule has 2 rings (SSSR count). The first kappa shape index (κ1) is 14.9. The van der Waals surface area contributed by atoms with Gasteiger partial charge in [-0.15, -0.1) is 11.3 Å². The topological polar surface area (TPSA) is 89.8 Å². The van der Waals surface area contributed by atoms with Crippen LogP contribution in [0.3, 0.4) is 0 Å². The second-order valence-electron chi connectivity index (χ2n) is 4.10. The van der Waals surface area contributed by atoms with Gasteiger partial charge < -0.3 is 20.6 Å². The first-order valence-corrected chi connectivity index (χ1v) is 6.96. The predicted molar refractivity (Wildman–Crippen MR) is 79.2 cm³/mol. The smallest absolute Gasteiger partial charge is 0.255 e. The van der Waals surface area contributed by atoms with Gasteiger partial charge in [0.05, 0.1) is 12.1 Å². The number of hydrogen-bond acceptors (Lipinski definition) is 5. The second-order valence-corrected chi connectivity index (χ2v) is 5.10. The third kappa shape index (κ3) is 3.75. The highest BCUT2D eigenvalue weighted by Gasteiger charge is 2.12. The molecule has 0 fully saturated rings. The van der Waals surface area contributed by atoms with Crippen molar-refractivity contribution in [1.29, 1.82) is 0 Å². The molecule has 2 aromatic rings. The minimum absolute atomic E-state index is 0.00884. The highest BCUT2D eigenvalue weighted by Crippen LogP contribution is 2.22. The van der Waals surface area contributed by atoms with Crippen molar-refractivity contribution in [2.45, 2.75) is 6.54 Å². The lowest BCUT2D eigenvalue weighted by atomic mass is 10.1. The quantitative estimate of drug-likeness (QED) is 0.510. The van der Waals surface area contributed by atoms with Crippen LogP contribution in [0.4, 0.5) is 0 Å². The molecule has 0 aliphatic heterocycles. The van der Waals surface area contributed by atoms with Crippen molar-refractivity contribution >= 4 is 17.2 Å². The van der Waals surface area contributed by atoms with Gasteiger partial charge in [-0.05, 0) is 29.6 Å². The standard InChI is InChI=1S/C15H13NO4S/c17-6-1-2-10-5-7-21-14(10)9-16-15(20)12-8-11(18)3-4-13(12)19/h3-5,7-8,17-19H,6,9H2,(H,16,20). The Balaban J connectivity index is 2.08. The molecular formula is C15H13NO4S. The zero-order chi connectivity index (χ0) is 15.2. The molecule has 0 aliphatic carbocycles. The van der Waals surface area contributed by atoms with Gasteiger partial charge in [-0.3, -0.25) is 4.79 Å². The van der Waals surface area contributed by atoms with E-state index in [1.54, 1.807) is 6.07 Å². The van der Waals surface area contributed by atoms with E-state index in [4.69, 9.17) is 5.11 Å². The summed E-state index contributed by atoms with van der Waals surface area (Å²) < 4.78 is 0. The van der Waals surface area contributed by atoms with Gasteiger partial charge in [0.25, 0.3) is 5.91 Å². The Kier molecular flexibility index (Phi) is 4.82. The summed E-state index contributed by atoms with van der Waals surface area (Å²) in [6.07, 6.45) is 0. The molecule has 108 valence electrons. The summed E-state index contributed by atoms with van der Waals surface area (Å²) in [5.41, 5.74) is 0.754. The maximum Gasteiger partial charge on any atom is 0.255 e. The summed E-state index contributed by atoms with van der Waals surface area (Å²) in [6, 6.07) is 5.56. The molecule has 21 heavy (non-hydrogen) atoms. The number of phenols is 2. The van der Waals surface area contributed by atoms with E-state index < -0.39 is 5.91 Å². The van der Waals surface area contributed by atoms with Gasteiger partial charge in [0.15, 0.2) is 0 Å². The van der Waals surface area contributed by atoms with E-state index in [2.05, 4.69) is 17.2 Å². The van der Waals surface area contributed by atoms with Crippen molar-refractivity contribution in [1.82, 2.24) is 5.32 Å². The zero-order valence-electron chi connectivity index (χ0n) is 11.0. The number of aliphatic hydroxyl groups excluding tert-OH is 1. The molecule has 0 radical (unpaired) electrons. The van der Waals surface area contributed by atoms with Gasteiger partial charge in [0, 0.05) is 10.4 Å². The second kappa shape index (κ2) is 6.79. The molecule has 0 bridgehead atoms. The monoisotopic (exact) mass is 303 g/mol. The van der Waals surface area contributed by atoms with Crippen LogP contribution in [0.1, 0.15) is 20.8 Å². The molecule has 4 N–H and O–H groups in total. The summed E-state index contributed by atoms with van der Waals surface area (Å²) >= 11 is 1.43. The molecule has 1 aromatic heterocycles. The molecule has 0 atom stereocenters. The predicted octanol–water partition coefficient (Wildman–Crippen LogP) is 1.43. The number of rotatable bonds is 3. The largest absolute Gasteiger partial charge is 0.508 e. The molecule has 0 spiro atoms. The Labute approximate surface area is 125 Å². The van der Waals surface area contributed by atoms with Crippen molar-refractivity contribution in [2.75, 3.05) is 6.61 Å². The zero-order valence-corrected chi connectivity index (χ0v) is 11.8. The van der Waals surface area contributed by atoms with E-state index in [0.29, 0.717) is 0 Å². The average Bonchev–Trinajstić information content (AvgIpc) is 2.92. The summed E-state index contributed by atoms with van der Waals surface area (Å²) in [7, 11) is 0. The molecule has 6 heteroatoms. The molecule has 0 unspecified atom stereocenters. The fourth-order valence-electron chi connectivity index (χ4n) is 1.69. The van der Waals surface area contributed by atoms with Gasteiger partial charge in [0.2, 0.25) is 0 Å². The number of amides is 1. The van der Waals surface area contributed by atoms with Crippen molar-refractivity contribution in [3.8, 4) is 23.3 Å². The molecule has 5 nitrogen and oxygen atoms in total. The first-order valence-electron chi connectivity index (χ1n) is 6.08. The fourth-order valence-corrected chi connectivity index (χ4v) is 2.46. The lowest BCUT2D eigenvalue weighted by molar-refractivity contribution is 0.0948. The van der Waals surface area contributed by atoms with Crippen LogP contribution in [0.25, 0.3) is 0 Å². The van der Waals surface area contributed by atoms with E-state index in [0.717, 1.165) is 10.4 Å². The highest BCUT2D eigenvalue weighted by atomic mass is 32.1. The van der Waals surface area contributed by atoms with Gasteiger partial charge in [0.1, 0.15) is 18.1 Å². The molecule has 1 aromatic carbocycles. The Morgan fingerprint density at radius 2 is 2.10 bits per heavy atom. The number of aromatic hydroxyl groups is 2. The summed E-state index contributed by atoms with van der Waals surface area (Å²) in [5.74, 6) is 4.57. The Morgan fingerprint density at radius 1 is 1.29 bits per heavy atom. The van der Waals surface area contributed by atoms with Gasteiger partial charge in [-0.1, -0.05) is 11.8 Å². The number of benzene rings is 1. The maximum atomic E-state index is 12.0. The number of carbonyl (C=O) groups excluding carboxylic acids is 1. The normalized spacial score (nSPS) is 9.76. The number of thiophene rings is 1. The Hall–Kier alpha value is -2.49. The van der Waals surface area contributed by atoms with E-state index >= 15 is 0 Å². The fraction of sp³-hybridized carbons (Fsp3) is 0.133. The minimum Gasteiger partial charge on any atom is -0.508 e. The number of nitrogens with one attached hydrogen (secondary N) is 1. The van der Waals surface area contributed by atoms with Crippen LogP contribution in [0.5, 0.6) is 11.5 Å². The molecule has 0 saturated carbocycles. The minimum atomic E-state index is -0.488. The van der Waals surface area contributed by atoms with Crippen LogP contribution in [0, 0.1) is 11.8 Å². The number of carbonyl (C=O) groups is 1. The lowest BCUT2D eigenvalue weighted by Crippen LogP contribution is -2.22. The van der Waals surface area contributed by atoms with Crippen LogP contribution in [-0.2, 0) is 6.54 Å². The van der Waals surface area contributed by atoms with Gasteiger partial charge in [-0.2, -0.15) is 0 Å². The number of hydrogen-bond donors (Lipinski definition) is 4. The van der Waals surface area contributed by atoms with Gasteiger partial charge in [-0.25, -0.2) is 0 Å². The molecule has 0 aliphatic rings. The molecule has 1 heterocycles. The van der Waals surface area contributed by atoms with E-state index in [1.165, 1.54) is 29.5 Å². The van der Waals surface area contributed by atoms with Gasteiger partial charge >= 0.3 is 0 Å². The third-order valence-electron chi connectivity index (χ3n) is 2.68. The van der Waals surface area contributed by atoms with Crippen LogP contribution in [-0.4, -0.2) is 27.8 Å². The van der Waals surface area contributed by atoms with Crippen LogP contribution < -0.4 is 5.32 Å². The SMILES string of the molecule is O=C(NCc1sccc1C#CCO)c1cc(O)ccc1O. The Morgan fingerprint density at radius 3 is 2.86 bits per heavy atom. The first-order chi connectivity index (χ1) is 10.1.